The van der Waals surface area contributed by atoms with Crippen molar-refractivity contribution in [3.8, 4) is 0 Å². The topological polar surface area (TPSA) is 41.1 Å². The number of amides is 1. The Morgan fingerprint density at radius 3 is 2.71 bits per heavy atom. The largest absolute Gasteiger partial charge is 0.348 e. The Morgan fingerprint density at radius 2 is 2.18 bits per heavy atom. The number of nitrogens with one attached hydrogen (secondary N) is 2. The van der Waals surface area contributed by atoms with Crippen molar-refractivity contribution in [3.63, 3.8) is 0 Å². The third-order valence-electron chi connectivity index (χ3n) is 3.49. The molecule has 2 unspecified atom stereocenters. The summed E-state index contributed by atoms with van der Waals surface area (Å²) in [7, 11) is 0. The Morgan fingerprint density at radius 1 is 1.53 bits per heavy atom. The van der Waals surface area contributed by atoms with E-state index < -0.39 is 0 Å². The second-order valence-electron chi connectivity index (χ2n) is 4.55. The lowest BCUT2D eigenvalue weighted by atomic mass is 10.3. The average Bonchev–Trinajstić information content (AvgIpc) is 2.68. The minimum Gasteiger partial charge on any atom is -0.348 e. The highest BCUT2D eigenvalue weighted by Gasteiger charge is 2.53. The molecule has 1 aliphatic carbocycles. The molecule has 2 heterocycles. The number of hydrogen-bond acceptors (Lipinski definition) is 3. The Balaban J connectivity index is 0.00000108. The molecule has 2 aliphatic rings. The molecule has 3 rings (SSSR count). The average molecular weight is 293 g/mol. The zero-order valence-corrected chi connectivity index (χ0v) is 11.7. The van der Waals surface area contributed by atoms with Crippen LogP contribution in [0.15, 0.2) is 5.38 Å². The lowest BCUT2D eigenvalue weighted by Crippen LogP contribution is -2.32. The van der Waals surface area contributed by atoms with Gasteiger partial charge in [-0.05, 0) is 29.7 Å². The molecule has 0 spiro atoms. The van der Waals surface area contributed by atoms with Crippen molar-refractivity contribution in [2.75, 3.05) is 13.1 Å². The summed E-state index contributed by atoms with van der Waals surface area (Å²) in [4.78, 5) is 12.6. The number of piperidine rings is 1. The summed E-state index contributed by atoms with van der Waals surface area (Å²) in [6.45, 7) is 3.99. The molecule has 1 saturated heterocycles. The van der Waals surface area contributed by atoms with Crippen LogP contribution in [0.25, 0.3) is 0 Å². The van der Waals surface area contributed by atoms with Crippen molar-refractivity contribution in [2.24, 2.45) is 11.8 Å². The van der Waals surface area contributed by atoms with E-state index in [2.05, 4.69) is 10.6 Å². The van der Waals surface area contributed by atoms with Gasteiger partial charge in [0.25, 0.3) is 5.91 Å². The second-order valence-corrected chi connectivity index (χ2v) is 5.80. The molecule has 94 valence electrons. The SMILES string of the molecule is Cc1csc(C(=O)NC2C3CNCC32)c1Cl.Cl. The standard InChI is InChI=1S/C11H13ClN2OS.ClH/c1-5-4-16-10(8(5)12)11(15)14-9-6-2-13-3-7(6)9;/h4,6-7,9,13H,2-3H2,1H3,(H,14,15);1H. The van der Waals surface area contributed by atoms with Crippen LogP contribution in [0.3, 0.4) is 0 Å². The first kappa shape index (κ1) is 13.1. The van der Waals surface area contributed by atoms with Crippen molar-refractivity contribution in [1.82, 2.24) is 10.6 Å². The van der Waals surface area contributed by atoms with Crippen LogP contribution < -0.4 is 10.6 Å². The zero-order chi connectivity index (χ0) is 11.3. The number of carbonyl (C=O) groups is 1. The minimum absolute atomic E-state index is 0. The summed E-state index contributed by atoms with van der Waals surface area (Å²) >= 11 is 7.49. The van der Waals surface area contributed by atoms with E-state index in [9.17, 15) is 4.79 Å². The number of halogens is 2. The molecule has 0 bridgehead atoms. The lowest BCUT2D eigenvalue weighted by molar-refractivity contribution is 0.0951. The van der Waals surface area contributed by atoms with Crippen molar-refractivity contribution < 1.29 is 4.79 Å². The Hall–Kier alpha value is -0.290. The smallest absolute Gasteiger partial charge is 0.263 e. The number of carbonyl (C=O) groups excluding carboxylic acids is 1. The molecule has 3 nitrogen and oxygen atoms in total. The normalized spacial score (nSPS) is 29.4. The van der Waals surface area contributed by atoms with Crippen molar-refractivity contribution >= 4 is 41.3 Å². The lowest BCUT2D eigenvalue weighted by Gasteiger charge is -2.06. The zero-order valence-electron chi connectivity index (χ0n) is 9.33. The maximum absolute atomic E-state index is 12.0. The van der Waals surface area contributed by atoms with Gasteiger partial charge in [-0.2, -0.15) is 0 Å². The van der Waals surface area contributed by atoms with E-state index in [-0.39, 0.29) is 18.3 Å². The van der Waals surface area contributed by atoms with Gasteiger partial charge in [0.15, 0.2) is 0 Å². The van der Waals surface area contributed by atoms with Gasteiger partial charge in [-0.1, -0.05) is 11.6 Å². The van der Waals surface area contributed by atoms with Gasteiger partial charge in [0, 0.05) is 19.1 Å². The first-order valence-corrected chi connectivity index (χ1v) is 6.69. The van der Waals surface area contributed by atoms with Gasteiger partial charge in [0.05, 0.1) is 5.02 Å². The summed E-state index contributed by atoms with van der Waals surface area (Å²) in [6.07, 6.45) is 0. The van der Waals surface area contributed by atoms with Crippen LogP contribution in [0.1, 0.15) is 15.2 Å². The molecular formula is C11H14Cl2N2OS. The van der Waals surface area contributed by atoms with Crippen LogP contribution in [0.4, 0.5) is 0 Å². The molecule has 2 N–H and O–H groups in total. The molecule has 17 heavy (non-hydrogen) atoms. The van der Waals surface area contributed by atoms with Gasteiger partial charge >= 0.3 is 0 Å². The molecule has 1 amide bonds. The van der Waals surface area contributed by atoms with Gasteiger partial charge < -0.3 is 10.6 Å². The monoisotopic (exact) mass is 292 g/mol. The van der Waals surface area contributed by atoms with Crippen LogP contribution in [0.2, 0.25) is 5.02 Å². The van der Waals surface area contributed by atoms with E-state index in [0.29, 0.717) is 27.8 Å². The summed E-state index contributed by atoms with van der Waals surface area (Å²) < 4.78 is 0. The van der Waals surface area contributed by atoms with Crippen LogP contribution in [-0.4, -0.2) is 25.0 Å². The third kappa shape index (κ3) is 2.19. The van der Waals surface area contributed by atoms with E-state index >= 15 is 0 Å². The molecule has 2 fully saturated rings. The number of fused-ring (bicyclic) bond motifs is 1. The fourth-order valence-electron chi connectivity index (χ4n) is 2.43. The van der Waals surface area contributed by atoms with Crippen molar-refractivity contribution in [2.45, 2.75) is 13.0 Å². The molecule has 6 heteroatoms. The van der Waals surface area contributed by atoms with Gasteiger partial charge in [0.2, 0.25) is 0 Å². The van der Waals surface area contributed by atoms with Crippen LogP contribution in [-0.2, 0) is 0 Å². The highest BCUT2D eigenvalue weighted by molar-refractivity contribution is 7.13. The summed E-state index contributed by atoms with van der Waals surface area (Å²) in [5.74, 6) is 1.27. The quantitative estimate of drug-likeness (QED) is 0.876. The summed E-state index contributed by atoms with van der Waals surface area (Å²) in [6, 6.07) is 0.368. The Kier molecular flexibility index (Phi) is 3.69. The van der Waals surface area contributed by atoms with Crippen LogP contribution in [0, 0.1) is 18.8 Å². The Bertz CT molecular complexity index is 439. The number of thiophene rings is 1. The van der Waals surface area contributed by atoms with Gasteiger partial charge in [-0.25, -0.2) is 0 Å². The second kappa shape index (κ2) is 4.76. The fraction of sp³-hybridized carbons (Fsp3) is 0.545. The Labute approximate surface area is 115 Å². The molecule has 1 saturated carbocycles. The van der Waals surface area contributed by atoms with Crippen LogP contribution in [0.5, 0.6) is 0 Å². The predicted molar refractivity (Wildman–Crippen MR) is 72.4 cm³/mol. The third-order valence-corrected chi connectivity index (χ3v) is 5.19. The van der Waals surface area contributed by atoms with Gasteiger partial charge in [-0.15, -0.1) is 23.7 Å². The fourth-order valence-corrected chi connectivity index (χ4v) is 3.61. The number of hydrogen-bond donors (Lipinski definition) is 2. The van der Waals surface area contributed by atoms with E-state index in [1.165, 1.54) is 11.3 Å². The maximum atomic E-state index is 12.0. The molecule has 1 aromatic rings. The first-order valence-electron chi connectivity index (χ1n) is 5.43. The van der Waals surface area contributed by atoms with Crippen molar-refractivity contribution in [1.29, 1.82) is 0 Å². The van der Waals surface area contributed by atoms with E-state index in [4.69, 9.17) is 11.6 Å². The minimum atomic E-state index is -0.0116. The number of rotatable bonds is 2. The van der Waals surface area contributed by atoms with Crippen LogP contribution >= 0.6 is 35.3 Å². The summed E-state index contributed by atoms with van der Waals surface area (Å²) in [5, 5.41) is 8.91. The molecule has 2 atom stereocenters. The van der Waals surface area contributed by atoms with Gasteiger partial charge in [-0.3, -0.25) is 4.79 Å². The molecular weight excluding hydrogens is 279 g/mol. The molecule has 0 aromatic carbocycles. The molecule has 1 aliphatic heterocycles. The predicted octanol–water partition coefficient (Wildman–Crippen LogP) is 2.08. The van der Waals surface area contributed by atoms with E-state index in [0.717, 1.165) is 18.7 Å². The first-order chi connectivity index (χ1) is 7.68. The highest BCUT2D eigenvalue weighted by Crippen LogP contribution is 2.42. The van der Waals surface area contributed by atoms with E-state index in [1.807, 2.05) is 12.3 Å². The summed E-state index contributed by atoms with van der Waals surface area (Å²) in [5.41, 5.74) is 0.981. The van der Waals surface area contributed by atoms with Crippen molar-refractivity contribution in [3.05, 3.63) is 20.8 Å². The molecule has 1 aromatic heterocycles. The number of aryl methyl sites for hydroxylation is 1. The maximum Gasteiger partial charge on any atom is 0.263 e. The highest BCUT2D eigenvalue weighted by atomic mass is 35.5. The molecule has 0 radical (unpaired) electrons. The van der Waals surface area contributed by atoms with Gasteiger partial charge in [0.1, 0.15) is 4.88 Å². The van der Waals surface area contributed by atoms with E-state index in [1.54, 1.807) is 0 Å².